The molecular formula is C18H17Cl3N2O3. The van der Waals surface area contributed by atoms with E-state index in [1.807, 2.05) is 6.92 Å². The largest absolute Gasteiger partial charge is 0.482 e. The molecule has 2 aromatic rings. The average molecular weight is 416 g/mol. The summed E-state index contributed by atoms with van der Waals surface area (Å²) in [7, 11) is 0. The number of nitrogens with one attached hydrogen (secondary N) is 2. The van der Waals surface area contributed by atoms with Crippen molar-refractivity contribution in [1.82, 2.24) is 0 Å². The maximum absolute atomic E-state index is 12.1. The lowest BCUT2D eigenvalue weighted by atomic mass is 10.2. The maximum atomic E-state index is 12.1. The molecule has 8 heteroatoms. The Kier molecular flexibility index (Phi) is 7.57. The number of hydrogen-bond donors (Lipinski definition) is 2. The van der Waals surface area contributed by atoms with E-state index in [9.17, 15) is 9.59 Å². The molecule has 0 aliphatic rings. The summed E-state index contributed by atoms with van der Waals surface area (Å²) in [5, 5.41) is 6.29. The van der Waals surface area contributed by atoms with Gasteiger partial charge >= 0.3 is 0 Å². The molecule has 2 amide bonds. The lowest BCUT2D eigenvalue weighted by Gasteiger charge is -2.11. The average Bonchev–Trinajstić information content (AvgIpc) is 2.57. The van der Waals surface area contributed by atoms with Gasteiger partial charge in [0.15, 0.2) is 6.61 Å². The molecular weight excluding hydrogens is 399 g/mol. The molecule has 0 unspecified atom stereocenters. The Hall–Kier alpha value is -1.95. The molecule has 0 saturated carbocycles. The first-order valence-electron chi connectivity index (χ1n) is 7.86. The van der Waals surface area contributed by atoms with Gasteiger partial charge < -0.3 is 15.4 Å². The highest BCUT2D eigenvalue weighted by atomic mass is 35.5. The fourth-order valence-electron chi connectivity index (χ4n) is 2.08. The smallest absolute Gasteiger partial charge is 0.262 e. The SMILES string of the molecule is CCCC(=O)Nc1cccc(NC(=O)COc2cc(Cl)c(Cl)cc2Cl)c1. The Labute approximate surface area is 166 Å². The third-order valence-electron chi connectivity index (χ3n) is 3.24. The maximum Gasteiger partial charge on any atom is 0.262 e. The number of hydrogen-bond acceptors (Lipinski definition) is 3. The molecule has 2 N–H and O–H groups in total. The van der Waals surface area contributed by atoms with Crippen LogP contribution in [0.5, 0.6) is 5.75 Å². The van der Waals surface area contributed by atoms with Crippen molar-refractivity contribution in [2.24, 2.45) is 0 Å². The number of benzene rings is 2. The number of anilines is 2. The predicted octanol–water partition coefficient (Wildman–Crippen LogP) is 5.40. The minimum atomic E-state index is -0.385. The van der Waals surface area contributed by atoms with E-state index in [-0.39, 0.29) is 34.2 Å². The molecule has 0 aliphatic heterocycles. The minimum Gasteiger partial charge on any atom is -0.482 e. The highest BCUT2D eigenvalue weighted by Crippen LogP contribution is 2.33. The van der Waals surface area contributed by atoms with E-state index < -0.39 is 0 Å². The molecule has 0 spiro atoms. The van der Waals surface area contributed by atoms with E-state index >= 15 is 0 Å². The summed E-state index contributed by atoms with van der Waals surface area (Å²) in [5.41, 5.74) is 1.14. The molecule has 0 aliphatic carbocycles. The van der Waals surface area contributed by atoms with Gasteiger partial charge in [-0.2, -0.15) is 0 Å². The molecule has 0 bridgehead atoms. The monoisotopic (exact) mass is 414 g/mol. The van der Waals surface area contributed by atoms with Crippen LogP contribution in [-0.2, 0) is 9.59 Å². The number of amides is 2. The molecule has 0 fully saturated rings. The molecule has 5 nitrogen and oxygen atoms in total. The van der Waals surface area contributed by atoms with Crippen molar-refractivity contribution in [3.63, 3.8) is 0 Å². The molecule has 2 rings (SSSR count). The Morgan fingerprint density at radius 3 is 2.19 bits per heavy atom. The van der Waals surface area contributed by atoms with Gasteiger partial charge in [-0.3, -0.25) is 9.59 Å². The third-order valence-corrected chi connectivity index (χ3v) is 4.26. The van der Waals surface area contributed by atoms with Crippen molar-refractivity contribution in [3.05, 3.63) is 51.5 Å². The van der Waals surface area contributed by atoms with Gasteiger partial charge in [-0.25, -0.2) is 0 Å². The highest BCUT2D eigenvalue weighted by molar-refractivity contribution is 6.43. The van der Waals surface area contributed by atoms with Crippen molar-refractivity contribution in [2.45, 2.75) is 19.8 Å². The zero-order valence-electron chi connectivity index (χ0n) is 13.9. The topological polar surface area (TPSA) is 67.4 Å². The molecule has 0 saturated heterocycles. The molecule has 26 heavy (non-hydrogen) atoms. The van der Waals surface area contributed by atoms with E-state index in [0.717, 1.165) is 6.42 Å². The van der Waals surface area contributed by atoms with Gasteiger partial charge in [-0.05, 0) is 30.7 Å². The van der Waals surface area contributed by atoms with Gasteiger partial charge in [-0.1, -0.05) is 47.8 Å². The van der Waals surface area contributed by atoms with Crippen LogP contribution in [0.3, 0.4) is 0 Å². The predicted molar refractivity (Wildman–Crippen MR) is 106 cm³/mol. The van der Waals surface area contributed by atoms with Gasteiger partial charge in [0.25, 0.3) is 5.91 Å². The van der Waals surface area contributed by atoms with Crippen LogP contribution in [0.4, 0.5) is 11.4 Å². The lowest BCUT2D eigenvalue weighted by Crippen LogP contribution is -2.20. The van der Waals surface area contributed by atoms with Crippen LogP contribution in [-0.4, -0.2) is 18.4 Å². The summed E-state index contributed by atoms with van der Waals surface area (Å²) >= 11 is 17.8. The van der Waals surface area contributed by atoms with Crippen molar-refractivity contribution >= 4 is 58.0 Å². The third kappa shape index (κ3) is 6.09. The van der Waals surface area contributed by atoms with Crippen molar-refractivity contribution < 1.29 is 14.3 Å². The Morgan fingerprint density at radius 2 is 1.54 bits per heavy atom. The van der Waals surface area contributed by atoms with Gasteiger partial charge in [0.05, 0.1) is 15.1 Å². The zero-order valence-corrected chi connectivity index (χ0v) is 16.2. The van der Waals surface area contributed by atoms with E-state index in [2.05, 4.69) is 10.6 Å². The number of ether oxygens (including phenoxy) is 1. The van der Waals surface area contributed by atoms with Crippen LogP contribution in [0.15, 0.2) is 36.4 Å². The van der Waals surface area contributed by atoms with E-state index in [1.165, 1.54) is 12.1 Å². The van der Waals surface area contributed by atoms with E-state index in [1.54, 1.807) is 24.3 Å². The van der Waals surface area contributed by atoms with Gasteiger partial charge in [0, 0.05) is 23.9 Å². The van der Waals surface area contributed by atoms with Crippen molar-refractivity contribution in [3.8, 4) is 5.75 Å². The second kappa shape index (κ2) is 9.67. The van der Waals surface area contributed by atoms with Crippen molar-refractivity contribution in [2.75, 3.05) is 17.2 Å². The summed E-state index contributed by atoms with van der Waals surface area (Å²) < 4.78 is 5.38. The Balaban J connectivity index is 1.94. The van der Waals surface area contributed by atoms with Crippen LogP contribution >= 0.6 is 34.8 Å². The quantitative estimate of drug-likeness (QED) is 0.595. The van der Waals surface area contributed by atoms with Gasteiger partial charge in [-0.15, -0.1) is 0 Å². The molecule has 138 valence electrons. The number of rotatable bonds is 7. The van der Waals surface area contributed by atoms with Crippen LogP contribution in [0, 0.1) is 0 Å². The summed E-state index contributed by atoms with van der Waals surface area (Å²) in [6.45, 7) is 1.67. The summed E-state index contributed by atoms with van der Waals surface area (Å²) in [5.74, 6) is -0.200. The fourth-order valence-corrected chi connectivity index (χ4v) is 2.67. The van der Waals surface area contributed by atoms with Crippen LogP contribution in [0.2, 0.25) is 15.1 Å². The molecule has 2 aromatic carbocycles. The molecule has 0 radical (unpaired) electrons. The standard InChI is InChI=1S/C18H17Cl3N2O3/c1-2-4-17(24)22-11-5-3-6-12(7-11)23-18(25)10-26-16-9-14(20)13(19)8-15(16)21/h3,5-9H,2,4,10H2,1H3,(H,22,24)(H,23,25). The summed E-state index contributed by atoms with van der Waals surface area (Å²) in [6.07, 6.45) is 1.20. The van der Waals surface area contributed by atoms with Crippen LogP contribution in [0.1, 0.15) is 19.8 Å². The fraction of sp³-hybridized carbons (Fsp3) is 0.222. The molecule has 0 heterocycles. The zero-order chi connectivity index (χ0) is 19.1. The Morgan fingerprint density at radius 1 is 0.923 bits per heavy atom. The van der Waals surface area contributed by atoms with Crippen LogP contribution in [0.25, 0.3) is 0 Å². The highest BCUT2D eigenvalue weighted by Gasteiger charge is 2.10. The van der Waals surface area contributed by atoms with Crippen LogP contribution < -0.4 is 15.4 Å². The van der Waals surface area contributed by atoms with E-state index in [0.29, 0.717) is 22.8 Å². The van der Waals surface area contributed by atoms with Crippen molar-refractivity contribution in [1.29, 1.82) is 0 Å². The first kappa shape index (κ1) is 20.4. The lowest BCUT2D eigenvalue weighted by molar-refractivity contribution is -0.118. The number of carbonyl (C=O) groups is 2. The van der Waals surface area contributed by atoms with Gasteiger partial charge in [0.2, 0.25) is 5.91 Å². The molecule has 0 aromatic heterocycles. The molecule has 0 atom stereocenters. The first-order valence-corrected chi connectivity index (χ1v) is 8.99. The first-order chi connectivity index (χ1) is 12.4. The Bertz CT molecular complexity index is 812. The second-order valence-electron chi connectivity index (χ2n) is 5.41. The second-order valence-corrected chi connectivity index (χ2v) is 6.63. The summed E-state index contributed by atoms with van der Waals surface area (Å²) in [6, 6.07) is 9.74. The van der Waals surface area contributed by atoms with E-state index in [4.69, 9.17) is 39.5 Å². The number of halogens is 3. The summed E-state index contributed by atoms with van der Waals surface area (Å²) in [4.78, 5) is 23.7. The minimum absolute atomic E-state index is 0.0754. The normalized spacial score (nSPS) is 10.3. The van der Waals surface area contributed by atoms with Gasteiger partial charge in [0.1, 0.15) is 5.75 Å². The number of carbonyl (C=O) groups excluding carboxylic acids is 2.